The third-order valence-corrected chi connectivity index (χ3v) is 4.72. The van der Waals surface area contributed by atoms with Crippen molar-refractivity contribution in [3.8, 4) is 0 Å². The Kier molecular flexibility index (Phi) is 5.35. The zero-order valence-electron chi connectivity index (χ0n) is 9.96. The van der Waals surface area contributed by atoms with Crippen molar-refractivity contribution in [2.45, 2.75) is 19.8 Å². The highest BCUT2D eigenvalue weighted by Gasteiger charge is 2.30. The molecule has 7 heteroatoms. The number of hydrogen-bond donors (Lipinski definition) is 1. The lowest BCUT2D eigenvalue weighted by Gasteiger charge is -2.29. The van der Waals surface area contributed by atoms with Crippen LogP contribution in [0, 0.1) is 5.92 Å². The molecule has 0 aromatic carbocycles. The maximum absolute atomic E-state index is 11.8. The van der Waals surface area contributed by atoms with Crippen molar-refractivity contribution < 1.29 is 23.1 Å². The average Bonchev–Trinajstić information content (AvgIpc) is 2.29. The van der Waals surface area contributed by atoms with Gasteiger partial charge in [-0.3, -0.25) is 4.79 Å². The van der Waals surface area contributed by atoms with Crippen molar-refractivity contribution in [1.82, 2.24) is 4.31 Å². The van der Waals surface area contributed by atoms with E-state index in [1.807, 2.05) is 6.92 Å². The van der Waals surface area contributed by atoms with Gasteiger partial charge < -0.3 is 9.84 Å². The van der Waals surface area contributed by atoms with Gasteiger partial charge in [0.2, 0.25) is 10.0 Å². The Morgan fingerprint density at radius 1 is 1.41 bits per heavy atom. The molecule has 0 amide bonds. The number of aliphatic carboxylic acids is 1. The van der Waals surface area contributed by atoms with E-state index < -0.39 is 21.9 Å². The number of sulfonamides is 1. The number of rotatable bonds is 6. The van der Waals surface area contributed by atoms with Crippen LogP contribution >= 0.6 is 0 Å². The van der Waals surface area contributed by atoms with Gasteiger partial charge in [0.05, 0.1) is 18.3 Å². The standard InChI is InChI=1S/C10H19NO5S/c1-2-16-7-8-17(14,15)11-5-3-9(4-6-11)10(12)13/h9H,2-8H2,1H3,(H,12,13). The topological polar surface area (TPSA) is 83.9 Å². The molecule has 1 aliphatic rings. The first kappa shape index (κ1) is 14.4. The molecule has 1 N–H and O–H groups in total. The number of carboxylic acid groups (broad SMARTS) is 1. The fourth-order valence-electron chi connectivity index (χ4n) is 1.82. The van der Waals surface area contributed by atoms with Crippen molar-refractivity contribution in [2.75, 3.05) is 32.1 Å². The SMILES string of the molecule is CCOCCS(=O)(=O)N1CCC(C(=O)O)CC1. The summed E-state index contributed by atoms with van der Waals surface area (Å²) in [6, 6.07) is 0. The Morgan fingerprint density at radius 2 is 2.00 bits per heavy atom. The molecule has 0 radical (unpaired) electrons. The van der Waals surface area contributed by atoms with Gasteiger partial charge in [0, 0.05) is 19.7 Å². The first-order valence-corrected chi connectivity index (χ1v) is 7.36. The van der Waals surface area contributed by atoms with E-state index in [4.69, 9.17) is 9.84 Å². The van der Waals surface area contributed by atoms with E-state index in [1.54, 1.807) is 0 Å². The molecule has 0 aliphatic carbocycles. The van der Waals surface area contributed by atoms with Crippen LogP contribution in [0.1, 0.15) is 19.8 Å². The number of nitrogens with zero attached hydrogens (tertiary/aromatic N) is 1. The van der Waals surface area contributed by atoms with E-state index in [9.17, 15) is 13.2 Å². The van der Waals surface area contributed by atoms with E-state index >= 15 is 0 Å². The smallest absolute Gasteiger partial charge is 0.306 e. The van der Waals surface area contributed by atoms with Crippen LogP contribution in [0.3, 0.4) is 0 Å². The first-order valence-electron chi connectivity index (χ1n) is 5.75. The summed E-state index contributed by atoms with van der Waals surface area (Å²) in [4.78, 5) is 10.7. The maximum atomic E-state index is 11.8. The molecule has 1 heterocycles. The van der Waals surface area contributed by atoms with Crippen LogP contribution in [0.2, 0.25) is 0 Å². The van der Waals surface area contributed by atoms with Crippen molar-refractivity contribution in [3.05, 3.63) is 0 Å². The monoisotopic (exact) mass is 265 g/mol. The van der Waals surface area contributed by atoms with Gasteiger partial charge in [-0.25, -0.2) is 12.7 Å². The minimum atomic E-state index is -3.29. The van der Waals surface area contributed by atoms with Gasteiger partial charge in [-0.15, -0.1) is 0 Å². The lowest BCUT2D eigenvalue weighted by Crippen LogP contribution is -2.41. The van der Waals surface area contributed by atoms with E-state index in [2.05, 4.69) is 0 Å². The Balaban J connectivity index is 2.44. The molecule has 0 saturated carbocycles. The molecule has 0 aromatic rings. The van der Waals surface area contributed by atoms with E-state index in [1.165, 1.54) is 4.31 Å². The summed E-state index contributed by atoms with van der Waals surface area (Å²) < 4.78 is 30.1. The molecule has 17 heavy (non-hydrogen) atoms. The normalized spacial score (nSPS) is 19.4. The van der Waals surface area contributed by atoms with Crippen molar-refractivity contribution >= 4 is 16.0 Å². The second-order valence-corrected chi connectivity index (χ2v) is 6.11. The number of hydrogen-bond acceptors (Lipinski definition) is 4. The van der Waals surface area contributed by atoms with Crippen LogP contribution in [0.25, 0.3) is 0 Å². The highest BCUT2D eigenvalue weighted by Crippen LogP contribution is 2.19. The molecular weight excluding hydrogens is 246 g/mol. The summed E-state index contributed by atoms with van der Waals surface area (Å²) in [7, 11) is -3.29. The van der Waals surface area contributed by atoms with Crippen LogP contribution < -0.4 is 0 Å². The van der Waals surface area contributed by atoms with Crippen molar-refractivity contribution in [2.24, 2.45) is 5.92 Å². The summed E-state index contributed by atoms with van der Waals surface area (Å²) >= 11 is 0. The Morgan fingerprint density at radius 3 is 2.47 bits per heavy atom. The predicted molar refractivity (Wildman–Crippen MR) is 62.2 cm³/mol. The molecule has 0 spiro atoms. The summed E-state index contributed by atoms with van der Waals surface area (Å²) in [6.07, 6.45) is 0.784. The molecule has 0 atom stereocenters. The summed E-state index contributed by atoms with van der Waals surface area (Å²) in [6.45, 7) is 3.09. The van der Waals surface area contributed by atoms with Crippen LogP contribution in [-0.2, 0) is 19.6 Å². The molecule has 0 bridgehead atoms. The molecule has 1 fully saturated rings. The maximum Gasteiger partial charge on any atom is 0.306 e. The number of carboxylic acids is 1. The Hall–Kier alpha value is -0.660. The van der Waals surface area contributed by atoms with Gasteiger partial charge in [0.25, 0.3) is 0 Å². The fraction of sp³-hybridized carbons (Fsp3) is 0.900. The van der Waals surface area contributed by atoms with Gasteiger partial charge in [-0.1, -0.05) is 0 Å². The molecule has 100 valence electrons. The molecule has 1 aliphatic heterocycles. The van der Waals surface area contributed by atoms with Crippen molar-refractivity contribution in [3.63, 3.8) is 0 Å². The summed E-state index contributed by atoms with van der Waals surface area (Å²) in [5, 5.41) is 8.81. The fourth-order valence-corrected chi connectivity index (χ4v) is 3.17. The Bertz CT molecular complexity index is 346. The third-order valence-electron chi connectivity index (χ3n) is 2.89. The molecule has 0 unspecified atom stereocenters. The minimum absolute atomic E-state index is 0.0292. The van der Waals surface area contributed by atoms with Gasteiger partial charge in [0.15, 0.2) is 0 Å². The largest absolute Gasteiger partial charge is 0.481 e. The van der Waals surface area contributed by atoms with E-state index in [0.29, 0.717) is 32.5 Å². The highest BCUT2D eigenvalue weighted by molar-refractivity contribution is 7.89. The molecule has 1 saturated heterocycles. The second kappa shape index (κ2) is 6.32. The zero-order valence-corrected chi connectivity index (χ0v) is 10.8. The second-order valence-electron chi connectivity index (χ2n) is 4.02. The Labute approximate surface area is 102 Å². The summed E-state index contributed by atoms with van der Waals surface area (Å²) in [5.74, 6) is -1.27. The van der Waals surface area contributed by atoms with Gasteiger partial charge in [0.1, 0.15) is 0 Å². The van der Waals surface area contributed by atoms with Gasteiger partial charge >= 0.3 is 5.97 Å². The molecule has 1 rings (SSSR count). The van der Waals surface area contributed by atoms with Crippen molar-refractivity contribution in [1.29, 1.82) is 0 Å². The lowest BCUT2D eigenvalue weighted by molar-refractivity contribution is -0.142. The van der Waals surface area contributed by atoms with Crippen LogP contribution in [0.4, 0.5) is 0 Å². The zero-order chi connectivity index (χ0) is 12.9. The number of piperidine rings is 1. The predicted octanol–water partition coefficient (Wildman–Crippen LogP) is 0.149. The van der Waals surface area contributed by atoms with Crippen LogP contribution in [0.5, 0.6) is 0 Å². The number of ether oxygens (including phenoxy) is 1. The number of carbonyl (C=O) groups is 1. The summed E-state index contributed by atoms with van der Waals surface area (Å²) in [5.41, 5.74) is 0. The van der Waals surface area contributed by atoms with Gasteiger partial charge in [-0.05, 0) is 19.8 Å². The van der Waals surface area contributed by atoms with Crippen LogP contribution in [0.15, 0.2) is 0 Å². The molecule has 6 nitrogen and oxygen atoms in total. The van der Waals surface area contributed by atoms with E-state index in [-0.39, 0.29) is 12.4 Å². The first-order chi connectivity index (χ1) is 7.97. The molecular formula is C10H19NO5S. The lowest BCUT2D eigenvalue weighted by atomic mass is 9.99. The third kappa shape index (κ3) is 4.25. The molecule has 0 aromatic heterocycles. The highest BCUT2D eigenvalue weighted by atomic mass is 32.2. The van der Waals surface area contributed by atoms with Crippen LogP contribution in [-0.4, -0.2) is 55.9 Å². The average molecular weight is 265 g/mol. The van der Waals surface area contributed by atoms with Gasteiger partial charge in [-0.2, -0.15) is 0 Å². The minimum Gasteiger partial charge on any atom is -0.481 e. The van der Waals surface area contributed by atoms with E-state index in [0.717, 1.165) is 0 Å². The quantitative estimate of drug-likeness (QED) is 0.691.